The number of amides is 2. The van der Waals surface area contributed by atoms with Crippen molar-refractivity contribution < 1.29 is 9.90 Å². The Morgan fingerprint density at radius 1 is 1.20 bits per heavy atom. The molecule has 2 amide bonds. The molecule has 1 unspecified atom stereocenters. The summed E-state index contributed by atoms with van der Waals surface area (Å²) in [5, 5.41) is 16.4. The van der Waals surface area contributed by atoms with Crippen molar-refractivity contribution in [2.24, 2.45) is 5.92 Å². The maximum atomic E-state index is 12.4. The minimum atomic E-state index is -0.169. The van der Waals surface area contributed by atoms with Crippen LogP contribution in [0.1, 0.15) is 44.1 Å². The van der Waals surface area contributed by atoms with Crippen LogP contribution >= 0.6 is 0 Å². The Hall–Kier alpha value is -2.14. The number of hydrogen-bond donors (Lipinski definition) is 3. The zero-order valence-electron chi connectivity index (χ0n) is 14.6. The molecule has 0 bridgehead atoms. The van der Waals surface area contributed by atoms with Gasteiger partial charge in [0.1, 0.15) is 0 Å². The van der Waals surface area contributed by atoms with Gasteiger partial charge in [0.2, 0.25) is 0 Å². The van der Waals surface area contributed by atoms with Crippen molar-refractivity contribution in [1.82, 2.24) is 15.6 Å². The fraction of sp³-hybridized carbons (Fsp3) is 0.500. The number of nitrogens with zero attached hydrogens (tertiary/aromatic N) is 1. The molecule has 1 aromatic heterocycles. The van der Waals surface area contributed by atoms with Crippen LogP contribution in [0.3, 0.4) is 0 Å². The number of aliphatic hydroxyl groups excluding tert-OH is 1. The lowest BCUT2D eigenvalue weighted by Crippen LogP contribution is -2.46. The van der Waals surface area contributed by atoms with Crippen molar-refractivity contribution in [1.29, 1.82) is 0 Å². The van der Waals surface area contributed by atoms with Crippen molar-refractivity contribution in [3.05, 3.63) is 42.1 Å². The Balaban J connectivity index is 1.59. The van der Waals surface area contributed by atoms with Gasteiger partial charge in [0.05, 0.1) is 5.52 Å². The predicted octanol–water partition coefficient (Wildman–Crippen LogP) is 3.37. The molecular weight excluding hydrogens is 314 g/mol. The number of nitrogens with one attached hydrogen (secondary N) is 2. The van der Waals surface area contributed by atoms with Gasteiger partial charge in [0, 0.05) is 30.8 Å². The molecule has 3 rings (SSSR count). The molecule has 0 radical (unpaired) electrons. The molecule has 0 aliphatic heterocycles. The van der Waals surface area contributed by atoms with Crippen molar-refractivity contribution in [3.63, 3.8) is 0 Å². The lowest BCUT2D eigenvalue weighted by molar-refractivity contribution is 0.196. The number of urea groups is 1. The quantitative estimate of drug-likeness (QED) is 0.754. The van der Waals surface area contributed by atoms with E-state index in [0.29, 0.717) is 18.9 Å². The Morgan fingerprint density at radius 2 is 2.00 bits per heavy atom. The maximum Gasteiger partial charge on any atom is 0.315 e. The molecule has 0 spiro atoms. The first-order chi connectivity index (χ1) is 12.3. The number of para-hydroxylation sites is 1. The largest absolute Gasteiger partial charge is 0.396 e. The normalized spacial score (nSPS) is 16.5. The second-order valence-electron chi connectivity index (χ2n) is 6.84. The molecule has 1 saturated carbocycles. The molecule has 3 N–H and O–H groups in total. The number of aromatic nitrogens is 1. The molecule has 1 aliphatic carbocycles. The van der Waals surface area contributed by atoms with Crippen molar-refractivity contribution in [3.8, 4) is 0 Å². The van der Waals surface area contributed by atoms with Gasteiger partial charge in [-0.2, -0.15) is 0 Å². The average molecular weight is 341 g/mol. The molecule has 5 heteroatoms. The molecular formula is C20H27N3O2. The van der Waals surface area contributed by atoms with Crippen molar-refractivity contribution in [2.45, 2.75) is 51.1 Å². The number of carbonyl (C=O) groups excluding carboxylic acids is 1. The van der Waals surface area contributed by atoms with Crippen molar-refractivity contribution >= 4 is 16.9 Å². The minimum Gasteiger partial charge on any atom is -0.396 e. The number of benzene rings is 1. The maximum absolute atomic E-state index is 12.4. The Kier molecular flexibility index (Phi) is 6.23. The fourth-order valence-electron chi connectivity index (χ4n) is 3.81. The highest BCUT2D eigenvalue weighted by Crippen LogP contribution is 2.27. The molecule has 1 atom stereocenters. The van der Waals surface area contributed by atoms with Crippen LogP contribution in [-0.4, -0.2) is 28.8 Å². The summed E-state index contributed by atoms with van der Waals surface area (Å²) in [4.78, 5) is 16.8. The van der Waals surface area contributed by atoms with Crippen LogP contribution in [0.5, 0.6) is 0 Å². The average Bonchev–Trinajstić information content (AvgIpc) is 2.66. The third kappa shape index (κ3) is 4.69. The monoisotopic (exact) mass is 341 g/mol. The topological polar surface area (TPSA) is 74.2 Å². The van der Waals surface area contributed by atoms with E-state index in [1.165, 1.54) is 19.3 Å². The van der Waals surface area contributed by atoms with Gasteiger partial charge in [0.15, 0.2) is 0 Å². The SMILES string of the molecule is O=C(NCc1cccc2cccnc12)NC(CCO)C1CCCCC1. The van der Waals surface area contributed by atoms with E-state index in [0.717, 1.165) is 29.3 Å². The van der Waals surface area contributed by atoms with Crippen LogP contribution in [0, 0.1) is 5.92 Å². The van der Waals surface area contributed by atoms with E-state index in [-0.39, 0.29) is 18.7 Å². The molecule has 134 valence electrons. The summed E-state index contributed by atoms with van der Waals surface area (Å²) in [5.74, 6) is 0.478. The number of carbonyl (C=O) groups is 1. The van der Waals surface area contributed by atoms with Crippen LogP contribution in [0.4, 0.5) is 4.79 Å². The molecule has 1 aromatic carbocycles. The first kappa shape index (κ1) is 17.7. The van der Waals surface area contributed by atoms with Crippen LogP contribution in [0.25, 0.3) is 10.9 Å². The zero-order valence-corrected chi connectivity index (χ0v) is 14.6. The summed E-state index contributed by atoms with van der Waals surface area (Å²) in [6.45, 7) is 0.547. The van der Waals surface area contributed by atoms with E-state index in [1.54, 1.807) is 6.20 Å². The van der Waals surface area contributed by atoms with Gasteiger partial charge in [0.25, 0.3) is 0 Å². The standard InChI is InChI=1S/C20H27N3O2/c24-13-11-18(15-6-2-1-3-7-15)23-20(25)22-14-17-9-4-8-16-10-5-12-21-19(16)17/h4-5,8-10,12,15,18,24H,1-3,6-7,11,13-14H2,(H2,22,23,25). The summed E-state index contributed by atoms with van der Waals surface area (Å²) in [6.07, 6.45) is 8.38. The first-order valence-electron chi connectivity index (χ1n) is 9.26. The van der Waals surface area contributed by atoms with Gasteiger partial charge < -0.3 is 15.7 Å². The number of rotatable bonds is 6. The molecule has 25 heavy (non-hydrogen) atoms. The van der Waals surface area contributed by atoms with Crippen LogP contribution in [-0.2, 0) is 6.54 Å². The van der Waals surface area contributed by atoms with Crippen LogP contribution in [0.2, 0.25) is 0 Å². The Morgan fingerprint density at radius 3 is 2.80 bits per heavy atom. The number of hydrogen-bond acceptors (Lipinski definition) is 3. The summed E-state index contributed by atoms with van der Waals surface area (Å²) < 4.78 is 0. The van der Waals surface area contributed by atoms with E-state index in [9.17, 15) is 9.90 Å². The highest BCUT2D eigenvalue weighted by molar-refractivity contribution is 5.82. The smallest absolute Gasteiger partial charge is 0.315 e. The lowest BCUT2D eigenvalue weighted by atomic mass is 9.83. The number of aliphatic hydroxyl groups is 1. The second kappa shape index (κ2) is 8.81. The molecule has 2 aromatic rings. The summed E-state index contributed by atoms with van der Waals surface area (Å²) in [6, 6.07) is 9.80. The highest BCUT2D eigenvalue weighted by Gasteiger charge is 2.24. The van der Waals surface area contributed by atoms with Gasteiger partial charge in [-0.15, -0.1) is 0 Å². The third-order valence-corrected chi connectivity index (χ3v) is 5.13. The second-order valence-corrected chi connectivity index (χ2v) is 6.84. The Labute approximate surface area is 148 Å². The Bertz CT molecular complexity index is 693. The summed E-state index contributed by atoms with van der Waals surface area (Å²) in [7, 11) is 0. The fourth-order valence-corrected chi connectivity index (χ4v) is 3.81. The molecule has 5 nitrogen and oxygen atoms in total. The highest BCUT2D eigenvalue weighted by atomic mass is 16.3. The molecule has 1 fully saturated rings. The molecule has 1 heterocycles. The van der Waals surface area contributed by atoms with E-state index >= 15 is 0 Å². The van der Waals surface area contributed by atoms with Gasteiger partial charge in [-0.1, -0.05) is 43.5 Å². The van der Waals surface area contributed by atoms with Crippen molar-refractivity contribution in [2.75, 3.05) is 6.61 Å². The van der Waals surface area contributed by atoms with E-state index in [1.807, 2.05) is 30.3 Å². The zero-order chi connectivity index (χ0) is 17.5. The number of pyridine rings is 1. The van der Waals surface area contributed by atoms with E-state index in [4.69, 9.17) is 0 Å². The lowest BCUT2D eigenvalue weighted by Gasteiger charge is -2.30. The van der Waals surface area contributed by atoms with Gasteiger partial charge >= 0.3 is 6.03 Å². The van der Waals surface area contributed by atoms with E-state index < -0.39 is 0 Å². The summed E-state index contributed by atoms with van der Waals surface area (Å²) in [5.41, 5.74) is 1.93. The number of fused-ring (bicyclic) bond motifs is 1. The summed E-state index contributed by atoms with van der Waals surface area (Å²) >= 11 is 0. The van der Waals surface area contributed by atoms with Crippen LogP contribution < -0.4 is 10.6 Å². The van der Waals surface area contributed by atoms with Gasteiger partial charge in [-0.3, -0.25) is 4.98 Å². The van der Waals surface area contributed by atoms with E-state index in [2.05, 4.69) is 15.6 Å². The molecule has 1 aliphatic rings. The van der Waals surface area contributed by atoms with Gasteiger partial charge in [-0.25, -0.2) is 4.79 Å². The predicted molar refractivity (Wildman–Crippen MR) is 99.2 cm³/mol. The molecule has 0 saturated heterocycles. The minimum absolute atomic E-state index is 0.0518. The van der Waals surface area contributed by atoms with Gasteiger partial charge in [-0.05, 0) is 36.8 Å². The first-order valence-corrected chi connectivity index (χ1v) is 9.26. The third-order valence-electron chi connectivity index (χ3n) is 5.13. The van der Waals surface area contributed by atoms with Crippen LogP contribution in [0.15, 0.2) is 36.5 Å².